The van der Waals surface area contributed by atoms with E-state index in [2.05, 4.69) is 25.9 Å². The van der Waals surface area contributed by atoms with E-state index in [0.717, 1.165) is 4.47 Å². The number of benzene rings is 1. The molecule has 0 aliphatic rings. The number of carboxylic acid groups (broad SMARTS) is 1. The van der Waals surface area contributed by atoms with Gasteiger partial charge in [0.15, 0.2) is 0 Å². The van der Waals surface area contributed by atoms with Gasteiger partial charge < -0.3 is 14.8 Å². The zero-order chi connectivity index (χ0) is 12.3. The number of carbonyl (C=O) groups is 1. The normalized spacial score (nSPS) is 10.2. The van der Waals surface area contributed by atoms with Crippen molar-refractivity contribution in [3.05, 3.63) is 46.5 Å². The van der Waals surface area contributed by atoms with Crippen LogP contribution in [0.3, 0.4) is 0 Å². The molecule has 2 N–H and O–H groups in total. The van der Waals surface area contributed by atoms with Crippen LogP contribution in [0.2, 0.25) is 0 Å². The number of aromatic carboxylic acids is 1. The maximum Gasteiger partial charge on any atom is 0.371 e. The fraction of sp³-hybridized carbons (Fsp3) is 0.0909. The van der Waals surface area contributed by atoms with Crippen molar-refractivity contribution in [2.75, 3.05) is 0 Å². The van der Waals surface area contributed by atoms with Crippen molar-refractivity contribution in [3.63, 3.8) is 0 Å². The first kappa shape index (κ1) is 11.7. The largest absolute Gasteiger partial charge is 0.487 e. The Hall–Kier alpha value is -1.82. The lowest BCUT2D eigenvalue weighted by molar-refractivity contribution is 0.0684. The Labute approximate surface area is 106 Å². The standard InChI is InChI=1S/C11H9BrN2O3/c12-7-1-3-9(4-2-7)17-6-8-5-13-10(14-8)11(15)16/h1-5H,6H2,(H,13,14)(H,15,16). The third-order valence-corrected chi connectivity index (χ3v) is 2.57. The van der Waals surface area contributed by atoms with Crippen molar-refractivity contribution in [1.29, 1.82) is 0 Å². The van der Waals surface area contributed by atoms with Gasteiger partial charge >= 0.3 is 5.97 Å². The molecule has 2 rings (SSSR count). The van der Waals surface area contributed by atoms with Gasteiger partial charge in [0.1, 0.15) is 12.4 Å². The second kappa shape index (κ2) is 5.01. The number of rotatable bonds is 4. The van der Waals surface area contributed by atoms with Crippen LogP contribution in [0.25, 0.3) is 0 Å². The Kier molecular flexibility index (Phi) is 3.43. The summed E-state index contributed by atoms with van der Waals surface area (Å²) in [6, 6.07) is 7.37. The van der Waals surface area contributed by atoms with Crippen molar-refractivity contribution in [2.24, 2.45) is 0 Å². The van der Waals surface area contributed by atoms with E-state index in [9.17, 15) is 4.79 Å². The minimum Gasteiger partial charge on any atom is -0.487 e. The third-order valence-electron chi connectivity index (χ3n) is 2.04. The summed E-state index contributed by atoms with van der Waals surface area (Å²) in [6.45, 7) is 0.252. The molecule has 0 aliphatic heterocycles. The molecule has 0 atom stereocenters. The van der Waals surface area contributed by atoms with Gasteiger partial charge in [0.25, 0.3) is 0 Å². The average molecular weight is 297 g/mol. The molecule has 1 aromatic heterocycles. The van der Waals surface area contributed by atoms with Crippen molar-refractivity contribution in [3.8, 4) is 5.75 Å². The van der Waals surface area contributed by atoms with Gasteiger partial charge in [-0.2, -0.15) is 0 Å². The van der Waals surface area contributed by atoms with Crippen molar-refractivity contribution in [2.45, 2.75) is 6.61 Å². The molecule has 1 heterocycles. The molecule has 88 valence electrons. The number of H-pyrrole nitrogens is 1. The summed E-state index contributed by atoms with van der Waals surface area (Å²) in [5, 5.41) is 8.67. The summed E-state index contributed by atoms with van der Waals surface area (Å²) in [5.41, 5.74) is 0.616. The summed E-state index contributed by atoms with van der Waals surface area (Å²) >= 11 is 3.32. The molecule has 6 heteroatoms. The highest BCUT2D eigenvalue weighted by molar-refractivity contribution is 9.10. The number of aromatic nitrogens is 2. The minimum atomic E-state index is -1.08. The number of halogens is 1. The fourth-order valence-electron chi connectivity index (χ4n) is 1.23. The predicted molar refractivity (Wildman–Crippen MR) is 64.0 cm³/mol. The Morgan fingerprint density at radius 2 is 2.12 bits per heavy atom. The zero-order valence-corrected chi connectivity index (χ0v) is 10.3. The first-order chi connectivity index (χ1) is 8.15. The van der Waals surface area contributed by atoms with Crippen molar-refractivity contribution < 1.29 is 14.6 Å². The van der Waals surface area contributed by atoms with Gasteiger partial charge in [-0.05, 0) is 24.3 Å². The maximum absolute atomic E-state index is 10.6. The maximum atomic E-state index is 10.6. The molecule has 1 aromatic carbocycles. The van der Waals surface area contributed by atoms with Crippen LogP contribution in [0.1, 0.15) is 16.3 Å². The van der Waals surface area contributed by atoms with Crippen molar-refractivity contribution >= 4 is 21.9 Å². The van der Waals surface area contributed by atoms with E-state index in [1.54, 1.807) is 0 Å². The summed E-state index contributed by atoms with van der Waals surface area (Å²) in [4.78, 5) is 16.9. The number of nitrogens with one attached hydrogen (secondary N) is 1. The van der Waals surface area contributed by atoms with Crippen LogP contribution in [0.5, 0.6) is 5.75 Å². The Morgan fingerprint density at radius 3 is 2.71 bits per heavy atom. The Bertz CT molecular complexity index is 522. The number of hydrogen-bond donors (Lipinski definition) is 2. The van der Waals surface area contributed by atoms with Crippen LogP contribution in [0, 0.1) is 0 Å². The van der Waals surface area contributed by atoms with E-state index in [4.69, 9.17) is 9.84 Å². The van der Waals surface area contributed by atoms with Gasteiger partial charge in [0, 0.05) is 4.47 Å². The van der Waals surface area contributed by atoms with E-state index >= 15 is 0 Å². The zero-order valence-electron chi connectivity index (χ0n) is 8.68. The number of ether oxygens (including phenoxy) is 1. The van der Waals surface area contributed by atoms with Gasteiger partial charge in [0.05, 0.1) is 11.9 Å². The van der Waals surface area contributed by atoms with Gasteiger partial charge in [-0.15, -0.1) is 0 Å². The van der Waals surface area contributed by atoms with E-state index in [0.29, 0.717) is 11.4 Å². The molecular weight excluding hydrogens is 288 g/mol. The summed E-state index contributed by atoms with van der Waals surface area (Å²) in [5.74, 6) is -0.459. The molecule has 5 nitrogen and oxygen atoms in total. The van der Waals surface area contributed by atoms with Crippen LogP contribution in [0.4, 0.5) is 0 Å². The van der Waals surface area contributed by atoms with Crippen LogP contribution in [-0.2, 0) is 6.61 Å². The lowest BCUT2D eigenvalue weighted by Crippen LogP contribution is -2.00. The van der Waals surface area contributed by atoms with Crippen LogP contribution in [0.15, 0.2) is 34.9 Å². The monoisotopic (exact) mass is 296 g/mol. The minimum absolute atomic E-state index is 0.0839. The predicted octanol–water partition coefficient (Wildman–Crippen LogP) is 2.45. The fourth-order valence-corrected chi connectivity index (χ4v) is 1.50. The van der Waals surface area contributed by atoms with E-state index in [-0.39, 0.29) is 12.4 Å². The van der Waals surface area contributed by atoms with Crippen molar-refractivity contribution in [1.82, 2.24) is 9.97 Å². The molecule has 0 unspecified atom stereocenters. The van der Waals surface area contributed by atoms with E-state index in [1.807, 2.05) is 24.3 Å². The molecule has 0 bridgehead atoms. The number of nitrogens with zero attached hydrogens (tertiary/aromatic N) is 1. The van der Waals surface area contributed by atoms with Gasteiger partial charge in [-0.1, -0.05) is 15.9 Å². The number of hydrogen-bond acceptors (Lipinski definition) is 3. The first-order valence-corrected chi connectivity index (χ1v) is 5.60. The quantitative estimate of drug-likeness (QED) is 0.909. The molecule has 0 aliphatic carbocycles. The molecule has 0 saturated carbocycles. The summed E-state index contributed by atoms with van der Waals surface area (Å²) in [7, 11) is 0. The molecule has 0 saturated heterocycles. The van der Waals surface area contributed by atoms with Gasteiger partial charge in [0.2, 0.25) is 5.82 Å². The first-order valence-electron chi connectivity index (χ1n) is 4.80. The summed E-state index contributed by atoms with van der Waals surface area (Å²) < 4.78 is 6.43. The topological polar surface area (TPSA) is 75.2 Å². The van der Waals surface area contributed by atoms with Crippen LogP contribution < -0.4 is 4.74 Å². The highest BCUT2D eigenvalue weighted by Crippen LogP contribution is 2.17. The number of imidazole rings is 1. The molecule has 2 aromatic rings. The second-order valence-corrected chi connectivity index (χ2v) is 4.22. The van der Waals surface area contributed by atoms with E-state index in [1.165, 1.54) is 6.20 Å². The average Bonchev–Trinajstić information content (AvgIpc) is 2.77. The van der Waals surface area contributed by atoms with Crippen LogP contribution >= 0.6 is 15.9 Å². The molecule has 0 fully saturated rings. The van der Waals surface area contributed by atoms with Crippen LogP contribution in [-0.4, -0.2) is 21.0 Å². The molecule has 0 amide bonds. The lowest BCUT2D eigenvalue weighted by Gasteiger charge is -2.03. The SMILES string of the molecule is O=C(O)c1ncc(COc2ccc(Br)cc2)[nH]1. The Morgan fingerprint density at radius 1 is 1.41 bits per heavy atom. The highest BCUT2D eigenvalue weighted by Gasteiger charge is 2.07. The molecular formula is C11H9BrN2O3. The highest BCUT2D eigenvalue weighted by atomic mass is 79.9. The number of aromatic amines is 1. The second-order valence-electron chi connectivity index (χ2n) is 3.30. The van der Waals surface area contributed by atoms with Gasteiger partial charge in [-0.3, -0.25) is 0 Å². The summed E-state index contributed by atoms with van der Waals surface area (Å²) in [6.07, 6.45) is 1.45. The molecule has 0 spiro atoms. The molecule has 0 radical (unpaired) electrons. The van der Waals surface area contributed by atoms with E-state index < -0.39 is 5.97 Å². The van der Waals surface area contributed by atoms with Gasteiger partial charge in [-0.25, -0.2) is 9.78 Å². The Balaban J connectivity index is 1.97. The number of carboxylic acids is 1. The smallest absolute Gasteiger partial charge is 0.371 e. The molecule has 17 heavy (non-hydrogen) atoms. The lowest BCUT2D eigenvalue weighted by atomic mass is 10.3. The third kappa shape index (κ3) is 3.07.